The van der Waals surface area contributed by atoms with Crippen LogP contribution < -0.4 is 5.32 Å². The molecule has 24 heavy (non-hydrogen) atoms. The molecule has 1 fully saturated rings. The van der Waals surface area contributed by atoms with E-state index in [1.165, 1.54) is 17.8 Å². The fourth-order valence-corrected chi connectivity index (χ4v) is 4.00. The fraction of sp³-hybridized carbons (Fsp3) is 0.765. The van der Waals surface area contributed by atoms with Crippen LogP contribution in [0.25, 0.3) is 0 Å². The number of hydrogen-bond donors (Lipinski definition) is 1. The number of nitrogens with zero attached hydrogens (tertiary/aromatic N) is 3. The van der Waals surface area contributed by atoms with Gasteiger partial charge in [-0.15, -0.1) is 10.2 Å². The van der Waals surface area contributed by atoms with E-state index in [0.29, 0.717) is 17.1 Å². The van der Waals surface area contributed by atoms with Gasteiger partial charge in [0.25, 0.3) is 0 Å². The van der Waals surface area contributed by atoms with Crippen LogP contribution in [0, 0.1) is 5.92 Å². The van der Waals surface area contributed by atoms with E-state index in [4.69, 9.17) is 0 Å². The maximum absolute atomic E-state index is 12.4. The molecule has 0 spiro atoms. The van der Waals surface area contributed by atoms with Crippen molar-refractivity contribution in [3.63, 3.8) is 0 Å². The van der Waals surface area contributed by atoms with Crippen molar-refractivity contribution in [2.75, 3.05) is 11.9 Å². The smallest absolute Gasteiger partial charge is 0.226 e. The van der Waals surface area contributed by atoms with Gasteiger partial charge in [0, 0.05) is 31.8 Å². The second kappa shape index (κ2) is 9.11. The van der Waals surface area contributed by atoms with Crippen molar-refractivity contribution in [3.05, 3.63) is 5.01 Å². The van der Waals surface area contributed by atoms with Crippen LogP contribution in [-0.2, 0) is 16.0 Å². The Morgan fingerprint density at radius 3 is 2.79 bits per heavy atom. The first-order chi connectivity index (χ1) is 11.5. The van der Waals surface area contributed by atoms with E-state index in [-0.39, 0.29) is 24.7 Å². The second-order valence-electron chi connectivity index (χ2n) is 6.79. The summed E-state index contributed by atoms with van der Waals surface area (Å²) in [6.45, 7) is 7.19. The lowest BCUT2D eigenvalue weighted by atomic mass is 9.99. The molecule has 1 aliphatic heterocycles. The number of likely N-dealkylation sites (tertiary alicyclic amines) is 1. The summed E-state index contributed by atoms with van der Waals surface area (Å²) < 4.78 is 0. The van der Waals surface area contributed by atoms with Crippen LogP contribution in [0.3, 0.4) is 0 Å². The van der Waals surface area contributed by atoms with Crippen LogP contribution in [0.2, 0.25) is 0 Å². The lowest BCUT2D eigenvalue weighted by Gasteiger charge is -2.35. The van der Waals surface area contributed by atoms with Gasteiger partial charge >= 0.3 is 0 Å². The number of aromatic nitrogens is 2. The van der Waals surface area contributed by atoms with Gasteiger partial charge in [-0.05, 0) is 31.6 Å². The minimum absolute atomic E-state index is 0.0921. The van der Waals surface area contributed by atoms with Gasteiger partial charge in [0.15, 0.2) is 0 Å². The zero-order valence-corrected chi connectivity index (χ0v) is 15.7. The summed E-state index contributed by atoms with van der Waals surface area (Å²) in [4.78, 5) is 26.4. The molecule has 1 N–H and O–H groups in total. The number of anilines is 1. The first kappa shape index (κ1) is 18.8. The Hall–Kier alpha value is -1.50. The standard InChI is InChI=1S/C17H28N4O2S/c1-4-13-7-5-6-10-21(13)16(23)9-8-14(22)18-17-20-19-15(24-17)11-12(2)3/h12-13H,4-11H2,1-3H3,(H,18,20,22)/t13-/m0/s1. The Morgan fingerprint density at radius 1 is 1.29 bits per heavy atom. The van der Waals surface area contributed by atoms with E-state index in [0.717, 1.165) is 37.2 Å². The molecule has 1 aromatic heterocycles. The van der Waals surface area contributed by atoms with Crippen LogP contribution in [0.4, 0.5) is 5.13 Å². The monoisotopic (exact) mass is 352 g/mol. The lowest BCUT2D eigenvalue weighted by Crippen LogP contribution is -2.43. The highest BCUT2D eigenvalue weighted by molar-refractivity contribution is 7.15. The molecule has 0 aromatic carbocycles. The number of hydrogen-bond acceptors (Lipinski definition) is 5. The van der Waals surface area contributed by atoms with Gasteiger partial charge in [-0.1, -0.05) is 32.1 Å². The number of carbonyl (C=O) groups is 2. The Balaban J connectivity index is 1.78. The summed E-state index contributed by atoms with van der Waals surface area (Å²) in [6.07, 6.45) is 5.65. The molecule has 2 amide bonds. The largest absolute Gasteiger partial charge is 0.340 e. The molecular weight excluding hydrogens is 324 g/mol. The van der Waals surface area contributed by atoms with Crippen LogP contribution in [0.15, 0.2) is 0 Å². The van der Waals surface area contributed by atoms with E-state index >= 15 is 0 Å². The van der Waals surface area contributed by atoms with E-state index < -0.39 is 0 Å². The Labute approximate surface area is 148 Å². The highest BCUT2D eigenvalue weighted by Crippen LogP contribution is 2.21. The van der Waals surface area contributed by atoms with Crippen molar-refractivity contribution in [3.8, 4) is 0 Å². The van der Waals surface area contributed by atoms with Crippen molar-refractivity contribution in [1.82, 2.24) is 15.1 Å². The third-order valence-electron chi connectivity index (χ3n) is 4.28. The van der Waals surface area contributed by atoms with Gasteiger partial charge in [-0.25, -0.2) is 0 Å². The van der Waals surface area contributed by atoms with Crippen LogP contribution in [0.5, 0.6) is 0 Å². The zero-order chi connectivity index (χ0) is 17.5. The predicted molar refractivity (Wildman–Crippen MR) is 96.0 cm³/mol. The topological polar surface area (TPSA) is 75.2 Å². The van der Waals surface area contributed by atoms with Gasteiger partial charge in [0.1, 0.15) is 5.01 Å². The van der Waals surface area contributed by atoms with E-state index in [1.54, 1.807) is 0 Å². The summed E-state index contributed by atoms with van der Waals surface area (Å²) >= 11 is 1.41. The van der Waals surface area contributed by atoms with Crippen molar-refractivity contribution < 1.29 is 9.59 Å². The van der Waals surface area contributed by atoms with Gasteiger partial charge in [0.2, 0.25) is 16.9 Å². The number of nitrogens with one attached hydrogen (secondary N) is 1. The van der Waals surface area contributed by atoms with E-state index in [1.807, 2.05) is 4.90 Å². The summed E-state index contributed by atoms with van der Waals surface area (Å²) in [6, 6.07) is 0.344. The van der Waals surface area contributed by atoms with Crippen LogP contribution in [-0.4, -0.2) is 39.5 Å². The Kier molecular flexibility index (Phi) is 7.15. The maximum atomic E-state index is 12.4. The molecule has 1 atom stereocenters. The average molecular weight is 353 g/mol. The molecule has 0 saturated carbocycles. The second-order valence-corrected chi connectivity index (χ2v) is 7.85. The Morgan fingerprint density at radius 2 is 2.08 bits per heavy atom. The molecule has 0 bridgehead atoms. The first-order valence-corrected chi connectivity index (χ1v) is 9.73. The molecule has 2 heterocycles. The number of piperidine rings is 1. The third-order valence-corrected chi connectivity index (χ3v) is 5.14. The summed E-state index contributed by atoms with van der Waals surface area (Å²) in [7, 11) is 0. The quantitative estimate of drug-likeness (QED) is 0.817. The minimum atomic E-state index is -0.166. The van der Waals surface area contributed by atoms with Gasteiger partial charge < -0.3 is 10.2 Å². The minimum Gasteiger partial charge on any atom is -0.340 e. The first-order valence-electron chi connectivity index (χ1n) is 8.91. The highest BCUT2D eigenvalue weighted by Gasteiger charge is 2.25. The molecule has 7 heteroatoms. The molecular formula is C17H28N4O2S. The SMILES string of the molecule is CC[C@H]1CCCCN1C(=O)CCC(=O)Nc1nnc(CC(C)C)s1. The normalized spacial score (nSPS) is 18.0. The van der Waals surface area contributed by atoms with E-state index in [9.17, 15) is 9.59 Å². The molecule has 0 radical (unpaired) electrons. The van der Waals surface area contributed by atoms with Crippen LogP contribution >= 0.6 is 11.3 Å². The maximum Gasteiger partial charge on any atom is 0.226 e. The van der Waals surface area contributed by atoms with E-state index in [2.05, 4.69) is 36.3 Å². The van der Waals surface area contributed by atoms with Crippen LogP contribution in [0.1, 0.15) is 64.3 Å². The zero-order valence-electron chi connectivity index (χ0n) is 14.9. The lowest BCUT2D eigenvalue weighted by molar-refractivity contribution is -0.136. The van der Waals surface area contributed by atoms with Gasteiger partial charge in [-0.3, -0.25) is 9.59 Å². The summed E-state index contributed by atoms with van der Waals surface area (Å²) in [5, 5.41) is 12.3. The molecule has 1 aliphatic rings. The highest BCUT2D eigenvalue weighted by atomic mass is 32.1. The molecule has 0 unspecified atom stereocenters. The molecule has 1 saturated heterocycles. The van der Waals surface area contributed by atoms with Crippen molar-refractivity contribution >= 4 is 28.3 Å². The van der Waals surface area contributed by atoms with Gasteiger partial charge in [-0.2, -0.15) is 0 Å². The molecule has 134 valence electrons. The Bertz CT molecular complexity index is 559. The third kappa shape index (κ3) is 5.54. The van der Waals surface area contributed by atoms with Crippen molar-refractivity contribution in [2.45, 2.75) is 71.8 Å². The fourth-order valence-electron chi connectivity index (χ4n) is 3.04. The van der Waals surface area contributed by atoms with Crippen molar-refractivity contribution in [1.29, 1.82) is 0 Å². The average Bonchev–Trinajstić information content (AvgIpc) is 2.98. The molecule has 2 rings (SSSR count). The van der Waals surface area contributed by atoms with Gasteiger partial charge in [0.05, 0.1) is 0 Å². The summed E-state index contributed by atoms with van der Waals surface area (Å²) in [5.74, 6) is 0.435. The number of rotatable bonds is 7. The molecule has 6 nitrogen and oxygen atoms in total. The molecule has 1 aromatic rings. The number of carbonyl (C=O) groups excluding carboxylic acids is 2. The van der Waals surface area contributed by atoms with Crippen molar-refractivity contribution in [2.24, 2.45) is 5.92 Å². The number of amides is 2. The summed E-state index contributed by atoms with van der Waals surface area (Å²) in [5.41, 5.74) is 0. The predicted octanol–water partition coefficient (Wildman–Crippen LogP) is 3.25. The molecule has 0 aliphatic carbocycles.